The van der Waals surface area contributed by atoms with Gasteiger partial charge >= 0.3 is 0 Å². The van der Waals surface area contributed by atoms with Gasteiger partial charge in [-0.25, -0.2) is 4.68 Å². The Morgan fingerprint density at radius 2 is 1.86 bits per heavy atom. The average molecular weight is 512 g/mol. The van der Waals surface area contributed by atoms with Crippen LogP contribution in [0.5, 0.6) is 0 Å². The van der Waals surface area contributed by atoms with Gasteiger partial charge in [0.2, 0.25) is 5.91 Å². The number of hydrogen-bond acceptors (Lipinski definition) is 5. The molecule has 0 saturated heterocycles. The number of nitrogens with one attached hydrogen (secondary N) is 1. The fourth-order valence-corrected chi connectivity index (χ4v) is 3.86. The highest BCUT2D eigenvalue weighted by Gasteiger charge is 2.25. The van der Waals surface area contributed by atoms with E-state index in [0.29, 0.717) is 35.1 Å². The lowest BCUT2D eigenvalue weighted by atomic mass is 9.92. The summed E-state index contributed by atoms with van der Waals surface area (Å²) in [6, 6.07) is 13.3. The Morgan fingerprint density at radius 3 is 2.47 bits per heavy atom. The average Bonchev–Trinajstić information content (AvgIpc) is 3.22. The molecule has 0 unspecified atom stereocenters. The van der Waals surface area contributed by atoms with E-state index in [-0.39, 0.29) is 23.2 Å². The Balaban J connectivity index is 1.88. The van der Waals surface area contributed by atoms with Crippen LogP contribution in [-0.2, 0) is 10.2 Å². The first-order valence-electron chi connectivity index (χ1n) is 11.6. The standard InChI is InChI=1S/C26H30ClN5O4/c1-6-13-30(25(34)18-12-11-17(2)21(14-18)32(35)36)16-24(33)28-23-15-22(26(3,4)5)29-31(23)20-10-8-7-9-19(20)27/h7-12,14-15H,6,13,16H2,1-5H3,(H,28,33). The summed E-state index contributed by atoms with van der Waals surface area (Å²) >= 11 is 6.40. The van der Waals surface area contributed by atoms with E-state index in [0.717, 1.165) is 5.69 Å². The maximum absolute atomic E-state index is 13.2. The van der Waals surface area contributed by atoms with Crippen molar-refractivity contribution < 1.29 is 14.5 Å². The van der Waals surface area contributed by atoms with Crippen LogP contribution in [0.4, 0.5) is 11.5 Å². The van der Waals surface area contributed by atoms with Crippen molar-refractivity contribution in [2.45, 2.75) is 46.5 Å². The van der Waals surface area contributed by atoms with Crippen LogP contribution in [0, 0.1) is 17.0 Å². The quantitative estimate of drug-likeness (QED) is 0.316. The molecule has 0 aliphatic rings. The summed E-state index contributed by atoms with van der Waals surface area (Å²) in [4.78, 5) is 38.4. The van der Waals surface area contributed by atoms with Crippen molar-refractivity contribution in [2.75, 3.05) is 18.4 Å². The van der Waals surface area contributed by atoms with Crippen molar-refractivity contribution in [3.63, 3.8) is 0 Å². The number of benzene rings is 2. The second-order valence-corrected chi connectivity index (χ2v) is 9.97. The zero-order valence-electron chi connectivity index (χ0n) is 21.0. The maximum Gasteiger partial charge on any atom is 0.273 e. The number of rotatable bonds is 8. The summed E-state index contributed by atoms with van der Waals surface area (Å²) in [7, 11) is 0. The van der Waals surface area contributed by atoms with Gasteiger partial charge in [-0.1, -0.05) is 57.5 Å². The van der Waals surface area contributed by atoms with E-state index >= 15 is 0 Å². The predicted molar refractivity (Wildman–Crippen MR) is 140 cm³/mol. The Hall–Kier alpha value is -3.72. The summed E-state index contributed by atoms with van der Waals surface area (Å²) in [5, 5.41) is 19.3. The first-order chi connectivity index (χ1) is 16.9. The molecule has 2 amide bonds. The Labute approximate surface area is 215 Å². The Kier molecular flexibility index (Phi) is 8.14. The molecule has 3 aromatic rings. The van der Waals surface area contributed by atoms with Crippen LogP contribution in [0.2, 0.25) is 5.02 Å². The lowest BCUT2D eigenvalue weighted by Crippen LogP contribution is -2.38. The monoisotopic (exact) mass is 511 g/mol. The van der Waals surface area contributed by atoms with Crippen LogP contribution in [-0.4, -0.2) is 44.5 Å². The number of para-hydroxylation sites is 1. The van der Waals surface area contributed by atoms with Crippen LogP contribution in [0.3, 0.4) is 0 Å². The molecule has 1 heterocycles. The van der Waals surface area contributed by atoms with Crippen molar-refractivity contribution in [3.8, 4) is 5.69 Å². The van der Waals surface area contributed by atoms with Crippen LogP contribution in [0.15, 0.2) is 48.5 Å². The number of nitro benzene ring substituents is 1. The number of anilines is 1. The smallest absolute Gasteiger partial charge is 0.273 e. The van der Waals surface area contributed by atoms with Crippen LogP contribution in [0.25, 0.3) is 5.69 Å². The highest BCUT2D eigenvalue weighted by Crippen LogP contribution is 2.29. The molecule has 3 rings (SSSR count). The molecule has 1 aromatic heterocycles. The third-order valence-electron chi connectivity index (χ3n) is 5.59. The van der Waals surface area contributed by atoms with Crippen molar-refractivity contribution >= 4 is 34.9 Å². The van der Waals surface area contributed by atoms with Gasteiger partial charge in [-0.05, 0) is 31.5 Å². The molecular formula is C26H30ClN5O4. The van der Waals surface area contributed by atoms with Gasteiger partial charge in [0.15, 0.2) is 0 Å². The van der Waals surface area contributed by atoms with E-state index in [2.05, 4.69) is 10.4 Å². The molecular weight excluding hydrogens is 482 g/mol. The van der Waals surface area contributed by atoms with Gasteiger partial charge in [0.05, 0.1) is 21.3 Å². The van der Waals surface area contributed by atoms with Gasteiger partial charge in [0, 0.05) is 35.2 Å². The highest BCUT2D eigenvalue weighted by molar-refractivity contribution is 6.32. The van der Waals surface area contributed by atoms with Gasteiger partial charge in [0.1, 0.15) is 12.4 Å². The summed E-state index contributed by atoms with van der Waals surface area (Å²) in [5.74, 6) is -0.454. The summed E-state index contributed by atoms with van der Waals surface area (Å²) in [6.45, 7) is 9.62. The Morgan fingerprint density at radius 1 is 1.17 bits per heavy atom. The molecule has 36 heavy (non-hydrogen) atoms. The molecule has 190 valence electrons. The second kappa shape index (κ2) is 10.9. The normalized spacial score (nSPS) is 11.3. The van der Waals surface area contributed by atoms with Gasteiger partial charge in [-0.2, -0.15) is 5.10 Å². The van der Waals surface area contributed by atoms with Crippen LogP contribution < -0.4 is 5.32 Å². The van der Waals surface area contributed by atoms with Crippen molar-refractivity contribution in [3.05, 3.63) is 80.5 Å². The number of carbonyl (C=O) groups excluding carboxylic acids is 2. The maximum atomic E-state index is 13.2. The lowest BCUT2D eigenvalue weighted by Gasteiger charge is -2.22. The third-order valence-corrected chi connectivity index (χ3v) is 5.91. The molecule has 0 fully saturated rings. The first kappa shape index (κ1) is 26.9. The number of carbonyl (C=O) groups is 2. The highest BCUT2D eigenvalue weighted by atomic mass is 35.5. The number of nitro groups is 1. The minimum atomic E-state index is -0.522. The number of halogens is 1. The minimum absolute atomic E-state index is 0.139. The van der Waals surface area contributed by atoms with E-state index in [4.69, 9.17) is 11.6 Å². The van der Waals surface area contributed by atoms with Crippen molar-refractivity contribution in [2.24, 2.45) is 0 Å². The number of amides is 2. The number of aryl methyl sites for hydroxylation is 1. The first-order valence-corrected chi connectivity index (χ1v) is 12.0. The van der Waals surface area contributed by atoms with E-state index in [1.165, 1.54) is 23.1 Å². The molecule has 0 radical (unpaired) electrons. The molecule has 0 aliphatic carbocycles. The fourth-order valence-electron chi connectivity index (χ4n) is 3.64. The summed E-state index contributed by atoms with van der Waals surface area (Å²) in [5.41, 5.74) is 1.56. The molecule has 0 saturated carbocycles. The van der Waals surface area contributed by atoms with E-state index < -0.39 is 16.7 Å². The summed E-state index contributed by atoms with van der Waals surface area (Å²) in [6.07, 6.45) is 0.610. The lowest BCUT2D eigenvalue weighted by molar-refractivity contribution is -0.385. The molecule has 0 atom stereocenters. The summed E-state index contributed by atoms with van der Waals surface area (Å²) < 4.78 is 1.58. The minimum Gasteiger partial charge on any atom is -0.329 e. The van der Waals surface area contributed by atoms with E-state index in [1.807, 2.05) is 39.8 Å². The fraction of sp³-hybridized carbons (Fsp3) is 0.346. The SMILES string of the molecule is CCCN(CC(=O)Nc1cc(C(C)(C)C)nn1-c1ccccc1Cl)C(=O)c1ccc(C)c([N+](=O)[O-])c1. The zero-order chi connectivity index (χ0) is 26.6. The Bertz CT molecular complexity index is 1300. The molecule has 0 spiro atoms. The van der Waals surface area contributed by atoms with Gasteiger partial charge in [-0.3, -0.25) is 19.7 Å². The third kappa shape index (κ3) is 6.09. The van der Waals surface area contributed by atoms with Crippen molar-refractivity contribution in [1.29, 1.82) is 0 Å². The molecule has 1 N–H and O–H groups in total. The van der Waals surface area contributed by atoms with Gasteiger partial charge < -0.3 is 10.2 Å². The number of nitrogens with zero attached hydrogens (tertiary/aromatic N) is 4. The molecule has 10 heteroatoms. The molecule has 0 aliphatic heterocycles. The largest absolute Gasteiger partial charge is 0.329 e. The zero-order valence-corrected chi connectivity index (χ0v) is 21.8. The molecule has 2 aromatic carbocycles. The van der Waals surface area contributed by atoms with E-state index in [9.17, 15) is 19.7 Å². The molecule has 9 nitrogen and oxygen atoms in total. The second-order valence-electron chi connectivity index (χ2n) is 9.56. The van der Waals surface area contributed by atoms with E-state index in [1.54, 1.807) is 29.8 Å². The van der Waals surface area contributed by atoms with Gasteiger partial charge in [0.25, 0.3) is 11.6 Å². The van der Waals surface area contributed by atoms with Crippen molar-refractivity contribution in [1.82, 2.24) is 14.7 Å². The predicted octanol–water partition coefficient (Wildman–Crippen LogP) is 5.53. The van der Waals surface area contributed by atoms with Crippen LogP contribution in [0.1, 0.15) is 55.7 Å². The topological polar surface area (TPSA) is 110 Å². The van der Waals surface area contributed by atoms with Gasteiger partial charge in [-0.15, -0.1) is 0 Å². The van der Waals surface area contributed by atoms with Crippen LogP contribution >= 0.6 is 11.6 Å². The molecule has 0 bridgehead atoms. The number of aromatic nitrogens is 2. The number of hydrogen-bond donors (Lipinski definition) is 1.